The molecule has 5 heteroatoms. The van der Waals surface area contributed by atoms with Crippen LogP contribution in [0, 0.1) is 0 Å². The highest BCUT2D eigenvalue weighted by molar-refractivity contribution is 6.17. The number of rotatable bonds is 4. The van der Waals surface area contributed by atoms with Crippen LogP contribution in [0.4, 0.5) is 0 Å². The fourth-order valence-electron chi connectivity index (χ4n) is 1.19. The Morgan fingerprint density at radius 1 is 1.69 bits per heavy atom. The summed E-state index contributed by atoms with van der Waals surface area (Å²) in [5.41, 5.74) is 1.31. The lowest BCUT2D eigenvalue weighted by molar-refractivity contribution is 0.0695. The lowest BCUT2D eigenvalue weighted by Gasteiger charge is -1.96. The first-order chi connectivity index (χ1) is 6.20. The highest BCUT2D eigenvalue weighted by Gasteiger charge is 2.17. The van der Waals surface area contributed by atoms with Gasteiger partial charge in [0.05, 0.1) is 17.3 Å². The number of aromatic carboxylic acids is 1. The Kier molecular flexibility index (Phi) is 3.31. The molecule has 13 heavy (non-hydrogen) atoms. The molecule has 1 aromatic heterocycles. The molecular formula is C8H11ClN2O2. The van der Waals surface area contributed by atoms with Gasteiger partial charge in [-0.05, 0) is 6.42 Å². The van der Waals surface area contributed by atoms with Crippen molar-refractivity contribution in [3.8, 4) is 0 Å². The number of halogens is 1. The van der Waals surface area contributed by atoms with Gasteiger partial charge in [-0.1, -0.05) is 13.3 Å². The van der Waals surface area contributed by atoms with E-state index in [1.807, 2.05) is 6.92 Å². The van der Waals surface area contributed by atoms with Crippen LogP contribution in [0.2, 0.25) is 0 Å². The molecule has 0 fully saturated rings. The fourth-order valence-corrected chi connectivity index (χ4v) is 1.38. The Labute approximate surface area is 80.9 Å². The van der Waals surface area contributed by atoms with Gasteiger partial charge in [-0.2, -0.15) is 5.10 Å². The number of hydrogen-bond donors (Lipinski definition) is 2. The zero-order chi connectivity index (χ0) is 9.84. The molecule has 0 saturated heterocycles. The molecule has 0 saturated carbocycles. The monoisotopic (exact) mass is 202 g/mol. The van der Waals surface area contributed by atoms with Gasteiger partial charge in [-0.3, -0.25) is 5.10 Å². The lowest BCUT2D eigenvalue weighted by atomic mass is 10.1. The number of carboxylic acid groups (broad SMARTS) is 1. The van der Waals surface area contributed by atoms with Crippen molar-refractivity contribution in [3.63, 3.8) is 0 Å². The number of hydrogen-bond acceptors (Lipinski definition) is 2. The molecule has 0 aliphatic rings. The molecular weight excluding hydrogens is 192 g/mol. The third-order valence-corrected chi connectivity index (χ3v) is 2.02. The largest absolute Gasteiger partial charge is 0.478 e. The molecule has 0 unspecified atom stereocenters. The van der Waals surface area contributed by atoms with Crippen molar-refractivity contribution in [2.45, 2.75) is 25.6 Å². The quantitative estimate of drug-likeness (QED) is 0.732. The van der Waals surface area contributed by atoms with E-state index < -0.39 is 5.97 Å². The number of H-pyrrole nitrogens is 1. The number of carbonyl (C=O) groups is 1. The van der Waals surface area contributed by atoms with Crippen molar-refractivity contribution in [3.05, 3.63) is 17.0 Å². The van der Waals surface area contributed by atoms with Crippen LogP contribution in [0.25, 0.3) is 0 Å². The van der Waals surface area contributed by atoms with Crippen LogP contribution in [0.1, 0.15) is 35.1 Å². The number of aryl methyl sites for hydroxylation is 1. The Bertz CT molecular complexity index is 309. The van der Waals surface area contributed by atoms with Crippen molar-refractivity contribution in [2.24, 2.45) is 0 Å². The minimum atomic E-state index is -0.965. The zero-order valence-corrected chi connectivity index (χ0v) is 8.06. The first-order valence-corrected chi connectivity index (χ1v) is 4.59. The Hall–Kier alpha value is -1.03. The summed E-state index contributed by atoms with van der Waals surface area (Å²) in [5.74, 6) is -0.814. The van der Waals surface area contributed by atoms with Gasteiger partial charge in [-0.15, -0.1) is 11.6 Å². The molecule has 0 bridgehead atoms. The van der Waals surface area contributed by atoms with Crippen molar-refractivity contribution < 1.29 is 9.90 Å². The molecule has 1 aromatic rings. The molecule has 0 atom stereocenters. The summed E-state index contributed by atoms with van der Waals surface area (Å²) < 4.78 is 0. The number of alkyl halides is 1. The molecule has 0 aliphatic heterocycles. The third-order valence-electron chi connectivity index (χ3n) is 1.75. The first-order valence-electron chi connectivity index (χ1n) is 4.06. The van der Waals surface area contributed by atoms with Gasteiger partial charge in [0.15, 0.2) is 0 Å². The minimum absolute atomic E-state index is 0.151. The summed E-state index contributed by atoms with van der Waals surface area (Å²) >= 11 is 5.56. The van der Waals surface area contributed by atoms with Crippen LogP contribution in [0.15, 0.2) is 0 Å². The maximum Gasteiger partial charge on any atom is 0.339 e. The second kappa shape index (κ2) is 4.28. The summed E-state index contributed by atoms with van der Waals surface area (Å²) in [6.45, 7) is 1.97. The number of aromatic amines is 1. The third kappa shape index (κ3) is 2.01. The summed E-state index contributed by atoms with van der Waals surface area (Å²) in [5, 5.41) is 15.4. The first kappa shape index (κ1) is 10.1. The maximum absolute atomic E-state index is 10.8. The van der Waals surface area contributed by atoms with Crippen LogP contribution in [0.3, 0.4) is 0 Å². The van der Waals surface area contributed by atoms with E-state index in [4.69, 9.17) is 16.7 Å². The van der Waals surface area contributed by atoms with Crippen LogP contribution >= 0.6 is 11.6 Å². The van der Waals surface area contributed by atoms with Crippen LogP contribution in [-0.4, -0.2) is 21.3 Å². The average Bonchev–Trinajstić information content (AvgIpc) is 2.48. The number of aromatic nitrogens is 2. The van der Waals surface area contributed by atoms with E-state index in [0.29, 0.717) is 17.8 Å². The van der Waals surface area contributed by atoms with Crippen molar-refractivity contribution in [1.29, 1.82) is 0 Å². The molecule has 0 aliphatic carbocycles. The van der Waals surface area contributed by atoms with Crippen LogP contribution in [0.5, 0.6) is 0 Å². The molecule has 0 spiro atoms. The summed E-state index contributed by atoms with van der Waals surface area (Å²) in [4.78, 5) is 10.8. The highest BCUT2D eigenvalue weighted by Crippen LogP contribution is 2.14. The molecule has 0 radical (unpaired) electrons. The van der Waals surface area contributed by atoms with Crippen LogP contribution < -0.4 is 0 Å². The summed E-state index contributed by atoms with van der Waals surface area (Å²) in [6, 6.07) is 0. The molecule has 2 N–H and O–H groups in total. The molecule has 1 rings (SSSR count). The highest BCUT2D eigenvalue weighted by atomic mass is 35.5. The van der Waals surface area contributed by atoms with E-state index in [2.05, 4.69) is 10.2 Å². The fraction of sp³-hybridized carbons (Fsp3) is 0.500. The van der Waals surface area contributed by atoms with Gasteiger partial charge >= 0.3 is 5.97 Å². The van der Waals surface area contributed by atoms with E-state index in [1.54, 1.807) is 0 Å². The van der Waals surface area contributed by atoms with E-state index in [-0.39, 0.29) is 11.4 Å². The maximum atomic E-state index is 10.8. The molecule has 0 amide bonds. The number of nitrogens with one attached hydrogen (secondary N) is 1. The van der Waals surface area contributed by atoms with Crippen LogP contribution in [-0.2, 0) is 12.3 Å². The topological polar surface area (TPSA) is 66.0 Å². The minimum Gasteiger partial charge on any atom is -0.478 e. The van der Waals surface area contributed by atoms with E-state index in [1.165, 1.54) is 0 Å². The van der Waals surface area contributed by atoms with Crippen molar-refractivity contribution in [2.75, 3.05) is 0 Å². The van der Waals surface area contributed by atoms with Gasteiger partial charge < -0.3 is 5.11 Å². The molecule has 4 nitrogen and oxygen atoms in total. The number of carboxylic acids is 1. The predicted molar refractivity (Wildman–Crippen MR) is 49.1 cm³/mol. The molecule has 72 valence electrons. The Morgan fingerprint density at radius 2 is 2.38 bits per heavy atom. The van der Waals surface area contributed by atoms with Gasteiger partial charge in [0.1, 0.15) is 5.56 Å². The van der Waals surface area contributed by atoms with Gasteiger partial charge in [0, 0.05) is 0 Å². The molecule has 1 heterocycles. The normalized spacial score (nSPS) is 10.3. The average molecular weight is 203 g/mol. The standard InChI is InChI=1S/C8H11ClN2O2/c1-2-3-5-7(8(12)13)6(4-9)11-10-5/h2-4H2,1H3,(H,10,11)(H,12,13). The lowest BCUT2D eigenvalue weighted by Crippen LogP contribution is -2.02. The van der Waals surface area contributed by atoms with E-state index in [9.17, 15) is 4.79 Å². The number of nitrogens with zero attached hydrogens (tertiary/aromatic N) is 1. The van der Waals surface area contributed by atoms with Gasteiger partial charge in [-0.25, -0.2) is 4.79 Å². The van der Waals surface area contributed by atoms with Gasteiger partial charge in [0.2, 0.25) is 0 Å². The summed E-state index contributed by atoms with van der Waals surface area (Å²) in [6.07, 6.45) is 1.53. The van der Waals surface area contributed by atoms with Crippen molar-refractivity contribution >= 4 is 17.6 Å². The second-order valence-corrected chi connectivity index (χ2v) is 2.98. The van der Waals surface area contributed by atoms with E-state index in [0.717, 1.165) is 6.42 Å². The van der Waals surface area contributed by atoms with Crippen molar-refractivity contribution in [1.82, 2.24) is 10.2 Å². The Morgan fingerprint density at radius 3 is 2.85 bits per heavy atom. The SMILES string of the molecule is CCCc1n[nH]c(CCl)c1C(=O)O. The molecule has 0 aromatic carbocycles. The smallest absolute Gasteiger partial charge is 0.339 e. The predicted octanol–water partition coefficient (Wildman–Crippen LogP) is 1.80. The Balaban J connectivity index is 3.06. The van der Waals surface area contributed by atoms with Gasteiger partial charge in [0.25, 0.3) is 0 Å². The van der Waals surface area contributed by atoms with E-state index >= 15 is 0 Å². The summed E-state index contributed by atoms with van der Waals surface area (Å²) in [7, 11) is 0. The second-order valence-electron chi connectivity index (χ2n) is 2.71. The zero-order valence-electron chi connectivity index (χ0n) is 7.30.